The second kappa shape index (κ2) is 27.5. The molecule has 0 aliphatic rings. The van der Waals surface area contributed by atoms with Crippen LogP contribution < -0.4 is 0 Å². The van der Waals surface area contributed by atoms with Crippen LogP contribution in [0.3, 0.4) is 0 Å². The molecule has 204 valence electrons. The van der Waals surface area contributed by atoms with Crippen LogP contribution >= 0.6 is 7.60 Å². The van der Waals surface area contributed by atoms with Crippen LogP contribution in [0, 0.1) is 0 Å². The molecule has 0 amide bonds. The molecule has 0 rings (SSSR count). The fourth-order valence-electron chi connectivity index (χ4n) is 4.42. The molecular weight excluding hydrogens is 439 g/mol. The molecule has 4 heteroatoms. The Morgan fingerprint density at radius 3 is 1.32 bits per heavy atom. The molecule has 0 aromatic heterocycles. The van der Waals surface area contributed by atoms with E-state index in [0.717, 1.165) is 25.7 Å². The number of rotatable bonds is 28. The van der Waals surface area contributed by atoms with Gasteiger partial charge in [0.15, 0.2) is 0 Å². The number of allylic oxidation sites excluding steroid dienone is 2. The van der Waals surface area contributed by atoms with Crippen LogP contribution in [0.2, 0.25) is 0 Å². The highest BCUT2D eigenvalue weighted by molar-refractivity contribution is 7.52. The molecule has 1 unspecified atom stereocenters. The van der Waals surface area contributed by atoms with Gasteiger partial charge in [0.05, 0.1) is 6.61 Å². The average molecular weight is 501 g/mol. The van der Waals surface area contributed by atoms with Crippen molar-refractivity contribution in [2.75, 3.05) is 12.8 Å². The van der Waals surface area contributed by atoms with Crippen molar-refractivity contribution >= 4 is 7.60 Å². The summed E-state index contributed by atoms with van der Waals surface area (Å²) in [5, 5.41) is 0. The smallest absolute Gasteiger partial charge is 0.324 e. The van der Waals surface area contributed by atoms with E-state index in [1.807, 2.05) is 0 Å². The molecule has 0 aliphatic carbocycles. The SMILES string of the molecule is CCCCCCCC/C=C\CCCCCCCCOP(=O)(O)CCCCCCCCCCCC. The Morgan fingerprint density at radius 2 is 0.882 bits per heavy atom. The van der Waals surface area contributed by atoms with Gasteiger partial charge in [0.1, 0.15) is 0 Å². The lowest BCUT2D eigenvalue weighted by Gasteiger charge is -2.12. The molecule has 0 fully saturated rings. The fourth-order valence-corrected chi connectivity index (χ4v) is 5.59. The van der Waals surface area contributed by atoms with E-state index in [0.29, 0.717) is 12.8 Å². The molecule has 0 bridgehead atoms. The fraction of sp³-hybridized carbons (Fsp3) is 0.933. The van der Waals surface area contributed by atoms with Crippen molar-refractivity contribution in [3.05, 3.63) is 12.2 Å². The summed E-state index contributed by atoms with van der Waals surface area (Å²) < 4.78 is 17.5. The Morgan fingerprint density at radius 1 is 0.529 bits per heavy atom. The first-order chi connectivity index (χ1) is 16.6. The molecule has 3 nitrogen and oxygen atoms in total. The Hall–Kier alpha value is -0.110. The second-order valence-corrected chi connectivity index (χ2v) is 12.3. The molecule has 0 aromatic carbocycles. The van der Waals surface area contributed by atoms with Gasteiger partial charge < -0.3 is 9.42 Å². The number of hydrogen-bond acceptors (Lipinski definition) is 2. The molecule has 0 heterocycles. The van der Waals surface area contributed by atoms with E-state index >= 15 is 0 Å². The summed E-state index contributed by atoms with van der Waals surface area (Å²) in [6, 6.07) is 0. The molecule has 1 atom stereocenters. The summed E-state index contributed by atoms with van der Waals surface area (Å²) >= 11 is 0. The first kappa shape index (κ1) is 33.9. The minimum atomic E-state index is -3.36. The topological polar surface area (TPSA) is 46.5 Å². The molecule has 0 aliphatic heterocycles. The molecule has 0 aromatic rings. The van der Waals surface area contributed by atoms with Gasteiger partial charge in [-0.25, -0.2) is 0 Å². The lowest BCUT2D eigenvalue weighted by atomic mass is 10.1. The van der Waals surface area contributed by atoms with E-state index < -0.39 is 7.60 Å². The van der Waals surface area contributed by atoms with Crippen LogP contribution in [0.4, 0.5) is 0 Å². The first-order valence-electron chi connectivity index (χ1n) is 15.2. The van der Waals surface area contributed by atoms with Crippen molar-refractivity contribution < 1.29 is 14.0 Å². The van der Waals surface area contributed by atoms with Crippen molar-refractivity contribution in [2.24, 2.45) is 0 Å². The predicted octanol–water partition coefficient (Wildman–Crippen LogP) is 11.1. The van der Waals surface area contributed by atoms with Crippen LogP contribution in [-0.2, 0) is 9.09 Å². The third-order valence-corrected chi connectivity index (χ3v) is 8.21. The van der Waals surface area contributed by atoms with Gasteiger partial charge in [-0.15, -0.1) is 0 Å². The van der Waals surface area contributed by atoms with Crippen molar-refractivity contribution in [1.29, 1.82) is 0 Å². The summed E-state index contributed by atoms with van der Waals surface area (Å²) in [4.78, 5) is 9.99. The Bertz CT molecular complexity index is 464. The van der Waals surface area contributed by atoms with E-state index in [1.165, 1.54) is 128 Å². The van der Waals surface area contributed by atoms with Gasteiger partial charge in [0.2, 0.25) is 0 Å². The van der Waals surface area contributed by atoms with Gasteiger partial charge in [-0.3, -0.25) is 4.57 Å². The number of hydrogen-bond donors (Lipinski definition) is 1. The summed E-state index contributed by atoms with van der Waals surface area (Å²) in [6.45, 7) is 4.96. The zero-order valence-corrected chi connectivity index (χ0v) is 24.1. The van der Waals surface area contributed by atoms with Crippen molar-refractivity contribution in [3.63, 3.8) is 0 Å². The van der Waals surface area contributed by atoms with E-state index in [1.54, 1.807) is 0 Å². The van der Waals surface area contributed by atoms with Crippen molar-refractivity contribution in [3.8, 4) is 0 Å². The summed E-state index contributed by atoms with van der Waals surface area (Å²) in [6.07, 6.45) is 35.2. The van der Waals surface area contributed by atoms with E-state index in [9.17, 15) is 9.46 Å². The molecule has 34 heavy (non-hydrogen) atoms. The van der Waals surface area contributed by atoms with Crippen LogP contribution in [0.1, 0.15) is 168 Å². The lowest BCUT2D eigenvalue weighted by molar-refractivity contribution is 0.252. The van der Waals surface area contributed by atoms with E-state index in [4.69, 9.17) is 4.52 Å². The third kappa shape index (κ3) is 28.1. The summed E-state index contributed by atoms with van der Waals surface area (Å²) in [5.74, 6) is 0. The highest BCUT2D eigenvalue weighted by Crippen LogP contribution is 2.43. The predicted molar refractivity (Wildman–Crippen MR) is 152 cm³/mol. The molecular formula is C30H61O3P. The minimum Gasteiger partial charge on any atom is -0.324 e. The van der Waals surface area contributed by atoms with Gasteiger partial charge in [0.25, 0.3) is 0 Å². The van der Waals surface area contributed by atoms with E-state index in [2.05, 4.69) is 26.0 Å². The molecule has 0 saturated heterocycles. The second-order valence-electron chi connectivity index (χ2n) is 10.3. The quantitative estimate of drug-likeness (QED) is 0.0660. The molecule has 0 saturated carbocycles. The zero-order valence-electron chi connectivity index (χ0n) is 23.3. The van der Waals surface area contributed by atoms with Crippen LogP contribution in [0.25, 0.3) is 0 Å². The van der Waals surface area contributed by atoms with Crippen molar-refractivity contribution in [1.82, 2.24) is 0 Å². The van der Waals surface area contributed by atoms with Crippen molar-refractivity contribution in [2.45, 2.75) is 168 Å². The molecule has 0 spiro atoms. The summed E-state index contributed by atoms with van der Waals surface area (Å²) in [7, 11) is -3.36. The van der Waals surface area contributed by atoms with Gasteiger partial charge in [-0.1, -0.05) is 142 Å². The highest BCUT2D eigenvalue weighted by Gasteiger charge is 2.17. The standard InChI is InChI=1S/C30H61O3P/c1-3-5-7-9-11-13-15-16-17-18-19-20-21-23-25-27-29-33-34(31,32)30-28-26-24-22-14-12-10-8-6-4-2/h16-17H,3-15,18-30H2,1-2H3,(H,31,32)/b17-16-. The van der Waals surface area contributed by atoms with Crippen LogP contribution in [-0.4, -0.2) is 17.7 Å². The Kier molecular flexibility index (Phi) is 27.4. The zero-order chi connectivity index (χ0) is 25.0. The normalized spacial score (nSPS) is 13.6. The maximum Gasteiger partial charge on any atom is 0.328 e. The minimum absolute atomic E-state index is 0.329. The number of unbranched alkanes of at least 4 members (excludes halogenated alkanes) is 21. The highest BCUT2D eigenvalue weighted by atomic mass is 31.2. The Labute approximate surface area is 214 Å². The van der Waals surface area contributed by atoms with Gasteiger partial charge in [-0.05, 0) is 38.5 Å². The summed E-state index contributed by atoms with van der Waals surface area (Å²) in [5.41, 5.74) is 0. The average Bonchev–Trinajstić information content (AvgIpc) is 2.82. The molecule has 0 radical (unpaired) electrons. The van der Waals surface area contributed by atoms with Gasteiger partial charge >= 0.3 is 7.60 Å². The Balaban J connectivity index is 3.33. The molecule has 1 N–H and O–H groups in total. The largest absolute Gasteiger partial charge is 0.328 e. The maximum atomic E-state index is 12.1. The van der Waals surface area contributed by atoms with Gasteiger partial charge in [0, 0.05) is 6.16 Å². The van der Waals surface area contributed by atoms with E-state index in [-0.39, 0.29) is 0 Å². The van der Waals surface area contributed by atoms with Crippen LogP contribution in [0.5, 0.6) is 0 Å². The first-order valence-corrected chi connectivity index (χ1v) is 17.0. The monoisotopic (exact) mass is 500 g/mol. The lowest BCUT2D eigenvalue weighted by Crippen LogP contribution is -1.97. The van der Waals surface area contributed by atoms with Gasteiger partial charge in [-0.2, -0.15) is 0 Å². The third-order valence-electron chi connectivity index (χ3n) is 6.74. The van der Waals surface area contributed by atoms with Crippen LogP contribution in [0.15, 0.2) is 12.2 Å². The maximum absolute atomic E-state index is 12.1.